The van der Waals surface area contributed by atoms with Crippen LogP contribution in [0.3, 0.4) is 0 Å². The van der Waals surface area contributed by atoms with Crippen LogP contribution in [0.2, 0.25) is 0 Å². The van der Waals surface area contributed by atoms with Crippen molar-refractivity contribution < 1.29 is 9.90 Å². The second kappa shape index (κ2) is 5.80. The van der Waals surface area contributed by atoms with E-state index in [1.54, 1.807) is 0 Å². The molecule has 108 valence electrons. The molecule has 0 aromatic heterocycles. The fourth-order valence-corrected chi connectivity index (χ4v) is 4.19. The lowest BCUT2D eigenvalue weighted by atomic mass is 9.95. The van der Waals surface area contributed by atoms with Crippen LogP contribution in [0.25, 0.3) is 0 Å². The first-order valence-electron chi connectivity index (χ1n) is 7.95. The van der Waals surface area contributed by atoms with Gasteiger partial charge in [0.15, 0.2) is 0 Å². The van der Waals surface area contributed by atoms with Crippen LogP contribution in [-0.4, -0.2) is 46.7 Å². The van der Waals surface area contributed by atoms with Crippen LogP contribution in [-0.2, 0) is 4.79 Å². The molecule has 2 atom stereocenters. The lowest BCUT2D eigenvalue weighted by Crippen LogP contribution is -2.50. The second-order valence-electron chi connectivity index (χ2n) is 6.59. The Morgan fingerprint density at radius 2 is 1.68 bits per heavy atom. The Hall–Kier alpha value is -0.610. The van der Waals surface area contributed by atoms with E-state index in [1.165, 1.54) is 19.3 Å². The smallest absolute Gasteiger partial charge is 0.234 e. The van der Waals surface area contributed by atoms with Crippen LogP contribution < -0.4 is 5.32 Å². The van der Waals surface area contributed by atoms with Gasteiger partial charge in [-0.3, -0.25) is 9.69 Å². The Balaban J connectivity index is 1.49. The topological polar surface area (TPSA) is 52.6 Å². The Bertz CT molecular complexity index is 314. The molecule has 0 aromatic carbocycles. The highest BCUT2D eigenvalue weighted by Crippen LogP contribution is 2.35. The summed E-state index contributed by atoms with van der Waals surface area (Å²) in [5, 5.41) is 13.0. The monoisotopic (exact) mass is 266 g/mol. The standard InChI is InChI=1S/C15H26N2O2/c18-14-8-12-6-7-13(9-14)17(12)10-15(19)16-11-4-2-1-3-5-11/h11-14,18H,1-10H2,(H,16,19). The van der Waals surface area contributed by atoms with Crippen LogP contribution in [0.1, 0.15) is 57.8 Å². The first-order chi connectivity index (χ1) is 9.22. The van der Waals surface area contributed by atoms with Crippen molar-refractivity contribution in [1.82, 2.24) is 10.2 Å². The molecule has 0 radical (unpaired) electrons. The number of carbonyl (C=O) groups excluding carboxylic acids is 1. The zero-order valence-electron chi connectivity index (χ0n) is 11.7. The molecule has 2 N–H and O–H groups in total. The van der Waals surface area contributed by atoms with E-state index in [1.807, 2.05) is 0 Å². The summed E-state index contributed by atoms with van der Waals surface area (Å²) in [6, 6.07) is 1.28. The molecule has 19 heavy (non-hydrogen) atoms. The van der Waals surface area contributed by atoms with Crippen molar-refractivity contribution >= 4 is 5.91 Å². The second-order valence-corrected chi connectivity index (χ2v) is 6.59. The average molecular weight is 266 g/mol. The summed E-state index contributed by atoms with van der Waals surface area (Å²) in [5.41, 5.74) is 0. The molecule has 0 spiro atoms. The third kappa shape index (κ3) is 3.11. The lowest BCUT2D eigenvalue weighted by Gasteiger charge is -2.37. The predicted octanol–water partition coefficient (Wildman–Crippen LogP) is 1.42. The van der Waals surface area contributed by atoms with Gasteiger partial charge >= 0.3 is 0 Å². The third-order valence-corrected chi connectivity index (χ3v) is 5.16. The highest BCUT2D eigenvalue weighted by Gasteiger charge is 2.40. The minimum atomic E-state index is -0.143. The molecule has 1 saturated carbocycles. The Morgan fingerprint density at radius 3 is 2.32 bits per heavy atom. The van der Waals surface area contributed by atoms with Gasteiger partial charge < -0.3 is 10.4 Å². The van der Waals surface area contributed by atoms with Gasteiger partial charge in [0.2, 0.25) is 5.91 Å². The lowest BCUT2D eigenvalue weighted by molar-refractivity contribution is -0.124. The van der Waals surface area contributed by atoms with E-state index in [0.717, 1.165) is 38.5 Å². The molecule has 4 heteroatoms. The molecule has 1 aliphatic carbocycles. The summed E-state index contributed by atoms with van der Waals surface area (Å²) in [5.74, 6) is 0.195. The number of aliphatic hydroxyl groups is 1. The third-order valence-electron chi connectivity index (χ3n) is 5.16. The Morgan fingerprint density at radius 1 is 1.05 bits per heavy atom. The Labute approximate surface area is 115 Å². The minimum Gasteiger partial charge on any atom is -0.393 e. The molecule has 1 amide bonds. The number of piperidine rings is 1. The number of hydrogen-bond donors (Lipinski definition) is 2. The zero-order chi connectivity index (χ0) is 13.2. The number of amides is 1. The molecule has 2 heterocycles. The van der Waals surface area contributed by atoms with Gasteiger partial charge in [-0.25, -0.2) is 0 Å². The van der Waals surface area contributed by atoms with Crippen molar-refractivity contribution in [3.63, 3.8) is 0 Å². The van der Waals surface area contributed by atoms with Gasteiger partial charge in [0.25, 0.3) is 0 Å². The summed E-state index contributed by atoms with van der Waals surface area (Å²) in [6.45, 7) is 0.540. The fourth-order valence-electron chi connectivity index (χ4n) is 4.19. The molecular weight excluding hydrogens is 240 g/mol. The maximum atomic E-state index is 12.2. The van der Waals surface area contributed by atoms with Gasteiger partial charge in [-0.05, 0) is 38.5 Å². The van der Waals surface area contributed by atoms with E-state index >= 15 is 0 Å². The minimum absolute atomic E-state index is 0.143. The SMILES string of the molecule is O=C(CN1C2CCC1CC(O)C2)NC1CCCCC1. The van der Waals surface area contributed by atoms with Gasteiger partial charge in [-0.15, -0.1) is 0 Å². The Kier molecular flexibility index (Phi) is 4.08. The molecule has 4 nitrogen and oxygen atoms in total. The van der Waals surface area contributed by atoms with Crippen molar-refractivity contribution in [1.29, 1.82) is 0 Å². The summed E-state index contributed by atoms with van der Waals surface area (Å²) in [6.07, 6.45) is 10.0. The summed E-state index contributed by atoms with van der Waals surface area (Å²) in [7, 11) is 0. The average Bonchev–Trinajstić information content (AvgIpc) is 2.63. The van der Waals surface area contributed by atoms with Gasteiger partial charge in [0.1, 0.15) is 0 Å². The maximum Gasteiger partial charge on any atom is 0.234 e. The molecular formula is C15H26N2O2. The van der Waals surface area contributed by atoms with E-state index < -0.39 is 0 Å². The van der Waals surface area contributed by atoms with Crippen LogP contribution in [0.15, 0.2) is 0 Å². The van der Waals surface area contributed by atoms with Crippen LogP contribution in [0, 0.1) is 0 Å². The molecule has 3 rings (SSSR count). The predicted molar refractivity (Wildman–Crippen MR) is 73.8 cm³/mol. The number of nitrogens with zero attached hydrogens (tertiary/aromatic N) is 1. The van der Waals surface area contributed by atoms with Crippen molar-refractivity contribution in [2.24, 2.45) is 0 Å². The normalized spacial score (nSPS) is 36.4. The molecule has 2 saturated heterocycles. The largest absolute Gasteiger partial charge is 0.393 e. The van der Waals surface area contributed by atoms with Crippen LogP contribution in [0.5, 0.6) is 0 Å². The van der Waals surface area contributed by atoms with Gasteiger partial charge in [-0.2, -0.15) is 0 Å². The molecule has 2 aliphatic heterocycles. The molecule has 3 aliphatic rings. The first kappa shape index (κ1) is 13.4. The van der Waals surface area contributed by atoms with Gasteiger partial charge in [0, 0.05) is 18.1 Å². The highest BCUT2D eigenvalue weighted by molar-refractivity contribution is 5.78. The summed E-state index contributed by atoms with van der Waals surface area (Å²) < 4.78 is 0. The van der Waals surface area contributed by atoms with Crippen molar-refractivity contribution in [2.75, 3.05) is 6.54 Å². The van der Waals surface area contributed by atoms with E-state index in [2.05, 4.69) is 10.2 Å². The van der Waals surface area contributed by atoms with E-state index in [-0.39, 0.29) is 12.0 Å². The van der Waals surface area contributed by atoms with Crippen LogP contribution >= 0.6 is 0 Å². The van der Waals surface area contributed by atoms with Gasteiger partial charge in [-0.1, -0.05) is 19.3 Å². The number of carbonyl (C=O) groups is 1. The van der Waals surface area contributed by atoms with Crippen molar-refractivity contribution in [3.05, 3.63) is 0 Å². The molecule has 2 bridgehead atoms. The van der Waals surface area contributed by atoms with Crippen LogP contribution in [0.4, 0.5) is 0 Å². The van der Waals surface area contributed by atoms with Crippen molar-refractivity contribution in [2.45, 2.75) is 82.0 Å². The number of nitrogens with one attached hydrogen (secondary N) is 1. The van der Waals surface area contributed by atoms with E-state index in [9.17, 15) is 9.90 Å². The quantitative estimate of drug-likeness (QED) is 0.812. The number of hydrogen-bond acceptors (Lipinski definition) is 3. The summed E-state index contributed by atoms with van der Waals surface area (Å²) >= 11 is 0. The maximum absolute atomic E-state index is 12.2. The molecule has 2 unspecified atom stereocenters. The van der Waals surface area contributed by atoms with E-state index in [4.69, 9.17) is 0 Å². The van der Waals surface area contributed by atoms with Gasteiger partial charge in [0.05, 0.1) is 12.6 Å². The first-order valence-corrected chi connectivity index (χ1v) is 7.95. The van der Waals surface area contributed by atoms with E-state index in [0.29, 0.717) is 24.7 Å². The summed E-state index contributed by atoms with van der Waals surface area (Å²) in [4.78, 5) is 14.5. The number of rotatable bonds is 3. The number of fused-ring (bicyclic) bond motifs is 2. The molecule has 3 fully saturated rings. The van der Waals surface area contributed by atoms with Crippen molar-refractivity contribution in [3.8, 4) is 0 Å². The fraction of sp³-hybridized carbons (Fsp3) is 0.933. The molecule has 0 aromatic rings. The number of aliphatic hydroxyl groups excluding tert-OH is 1. The zero-order valence-corrected chi connectivity index (χ0v) is 11.7. The highest BCUT2D eigenvalue weighted by atomic mass is 16.3.